The zero-order valence-electron chi connectivity index (χ0n) is 14.9. The Kier molecular flexibility index (Phi) is 5.28. The molecule has 0 unspecified atom stereocenters. The molecule has 0 bridgehead atoms. The SMILES string of the molecule is CC(C)NC(=O)c1c(-c2ccccc2)c(CCN)nc2ccc(F)cc12. The van der Waals surface area contributed by atoms with Gasteiger partial charge in [-0.05, 0) is 44.2 Å². The summed E-state index contributed by atoms with van der Waals surface area (Å²) < 4.78 is 13.9. The molecule has 1 amide bonds. The van der Waals surface area contributed by atoms with Crippen LogP contribution in [0.5, 0.6) is 0 Å². The van der Waals surface area contributed by atoms with Gasteiger partial charge in [0.1, 0.15) is 5.82 Å². The smallest absolute Gasteiger partial charge is 0.252 e. The molecule has 26 heavy (non-hydrogen) atoms. The summed E-state index contributed by atoms with van der Waals surface area (Å²) in [7, 11) is 0. The molecule has 1 aromatic heterocycles. The van der Waals surface area contributed by atoms with Crippen LogP contribution in [0.15, 0.2) is 48.5 Å². The van der Waals surface area contributed by atoms with E-state index in [1.54, 1.807) is 6.07 Å². The lowest BCUT2D eigenvalue weighted by Crippen LogP contribution is -2.31. The molecule has 0 saturated heterocycles. The van der Waals surface area contributed by atoms with Gasteiger partial charge in [-0.25, -0.2) is 4.39 Å². The number of rotatable bonds is 5. The first-order valence-corrected chi connectivity index (χ1v) is 8.69. The second kappa shape index (κ2) is 7.62. The Morgan fingerprint density at radius 3 is 2.58 bits per heavy atom. The van der Waals surface area contributed by atoms with Crippen molar-refractivity contribution < 1.29 is 9.18 Å². The Morgan fingerprint density at radius 1 is 1.19 bits per heavy atom. The van der Waals surface area contributed by atoms with Crippen LogP contribution in [0, 0.1) is 5.82 Å². The van der Waals surface area contributed by atoms with Crippen LogP contribution < -0.4 is 11.1 Å². The van der Waals surface area contributed by atoms with Gasteiger partial charge in [0.25, 0.3) is 5.91 Å². The van der Waals surface area contributed by atoms with E-state index >= 15 is 0 Å². The Balaban J connectivity index is 2.39. The number of fused-ring (bicyclic) bond motifs is 1. The van der Waals surface area contributed by atoms with Crippen molar-refractivity contribution in [2.45, 2.75) is 26.3 Å². The van der Waals surface area contributed by atoms with Crippen molar-refractivity contribution in [3.63, 3.8) is 0 Å². The summed E-state index contributed by atoms with van der Waals surface area (Å²) >= 11 is 0. The van der Waals surface area contributed by atoms with Crippen molar-refractivity contribution in [3.05, 3.63) is 65.6 Å². The van der Waals surface area contributed by atoms with E-state index in [9.17, 15) is 9.18 Å². The number of benzene rings is 2. The van der Waals surface area contributed by atoms with Crippen LogP contribution in [0.3, 0.4) is 0 Å². The van der Waals surface area contributed by atoms with Crippen LogP contribution in [-0.2, 0) is 6.42 Å². The molecule has 5 heteroatoms. The lowest BCUT2D eigenvalue weighted by molar-refractivity contribution is 0.0945. The minimum atomic E-state index is -0.400. The second-order valence-corrected chi connectivity index (χ2v) is 6.50. The van der Waals surface area contributed by atoms with E-state index in [0.29, 0.717) is 35.0 Å². The van der Waals surface area contributed by atoms with Gasteiger partial charge < -0.3 is 11.1 Å². The lowest BCUT2D eigenvalue weighted by Gasteiger charge is -2.18. The molecule has 0 radical (unpaired) electrons. The molecule has 3 aromatic rings. The number of pyridine rings is 1. The van der Waals surface area contributed by atoms with Crippen LogP contribution in [0.4, 0.5) is 4.39 Å². The van der Waals surface area contributed by atoms with Crippen LogP contribution in [0.2, 0.25) is 0 Å². The lowest BCUT2D eigenvalue weighted by atomic mass is 9.92. The van der Waals surface area contributed by atoms with Gasteiger partial charge in [0.15, 0.2) is 0 Å². The average molecular weight is 351 g/mol. The molecule has 3 rings (SSSR count). The molecule has 2 aromatic carbocycles. The largest absolute Gasteiger partial charge is 0.350 e. The fourth-order valence-corrected chi connectivity index (χ4v) is 3.09. The number of halogens is 1. The van der Waals surface area contributed by atoms with Crippen LogP contribution in [0.1, 0.15) is 29.9 Å². The van der Waals surface area contributed by atoms with Crippen LogP contribution in [0.25, 0.3) is 22.0 Å². The molecule has 134 valence electrons. The average Bonchev–Trinajstić information content (AvgIpc) is 2.61. The molecular weight excluding hydrogens is 329 g/mol. The van der Waals surface area contributed by atoms with Gasteiger partial charge >= 0.3 is 0 Å². The van der Waals surface area contributed by atoms with E-state index in [-0.39, 0.29) is 11.9 Å². The highest BCUT2D eigenvalue weighted by Crippen LogP contribution is 2.33. The Bertz CT molecular complexity index is 939. The van der Waals surface area contributed by atoms with Gasteiger partial charge in [0.05, 0.1) is 16.8 Å². The molecule has 3 N–H and O–H groups in total. The van der Waals surface area contributed by atoms with Gasteiger partial charge in [0.2, 0.25) is 0 Å². The molecule has 0 aliphatic carbocycles. The first-order valence-electron chi connectivity index (χ1n) is 8.69. The van der Waals surface area contributed by atoms with Crippen molar-refractivity contribution >= 4 is 16.8 Å². The first-order chi connectivity index (χ1) is 12.5. The number of nitrogens with two attached hydrogens (primary N) is 1. The predicted octanol–water partition coefficient (Wildman–Crippen LogP) is 3.68. The maximum atomic E-state index is 13.9. The van der Waals surface area contributed by atoms with Gasteiger partial charge in [-0.1, -0.05) is 30.3 Å². The fraction of sp³-hybridized carbons (Fsp3) is 0.238. The molecule has 0 atom stereocenters. The van der Waals surface area contributed by atoms with E-state index in [4.69, 9.17) is 5.73 Å². The number of carbonyl (C=O) groups is 1. The van der Waals surface area contributed by atoms with E-state index in [0.717, 1.165) is 11.3 Å². The fourth-order valence-electron chi connectivity index (χ4n) is 3.09. The third-order valence-electron chi connectivity index (χ3n) is 4.11. The summed E-state index contributed by atoms with van der Waals surface area (Å²) in [6.45, 7) is 4.19. The molecule has 0 fully saturated rings. The molecule has 0 aliphatic rings. The third-order valence-corrected chi connectivity index (χ3v) is 4.11. The first kappa shape index (κ1) is 18.0. The molecule has 1 heterocycles. The number of nitrogens with one attached hydrogen (secondary N) is 1. The standard InChI is InChI=1S/C21H22FN3O/c1-13(2)24-21(26)20-16-12-15(22)8-9-17(16)25-18(10-11-23)19(20)14-6-4-3-5-7-14/h3-9,12-13H,10-11,23H2,1-2H3,(H,24,26). The number of aromatic nitrogens is 1. The summed E-state index contributed by atoms with van der Waals surface area (Å²) in [6, 6.07) is 13.9. The van der Waals surface area contributed by atoms with Crippen molar-refractivity contribution in [1.82, 2.24) is 10.3 Å². The van der Waals surface area contributed by atoms with Gasteiger partial charge in [0, 0.05) is 23.4 Å². The van der Waals surface area contributed by atoms with E-state index in [1.807, 2.05) is 44.2 Å². The number of carbonyl (C=O) groups excluding carboxylic acids is 1. The van der Waals surface area contributed by atoms with Crippen LogP contribution in [-0.4, -0.2) is 23.5 Å². The van der Waals surface area contributed by atoms with Gasteiger partial charge in [-0.3, -0.25) is 9.78 Å². The summed E-state index contributed by atoms with van der Waals surface area (Å²) in [5.74, 6) is -0.640. The van der Waals surface area contributed by atoms with E-state index in [2.05, 4.69) is 10.3 Å². The summed E-state index contributed by atoms with van der Waals surface area (Å²) in [5, 5.41) is 3.43. The molecule has 0 aliphatic heterocycles. The van der Waals surface area contributed by atoms with Gasteiger partial charge in [-0.2, -0.15) is 0 Å². The van der Waals surface area contributed by atoms with Crippen molar-refractivity contribution in [2.75, 3.05) is 6.54 Å². The molecule has 4 nitrogen and oxygen atoms in total. The summed E-state index contributed by atoms with van der Waals surface area (Å²) in [6.07, 6.45) is 0.527. The Morgan fingerprint density at radius 2 is 1.92 bits per heavy atom. The summed E-state index contributed by atoms with van der Waals surface area (Å²) in [4.78, 5) is 17.7. The van der Waals surface area contributed by atoms with Crippen molar-refractivity contribution in [1.29, 1.82) is 0 Å². The quantitative estimate of drug-likeness (QED) is 0.737. The number of amides is 1. The monoisotopic (exact) mass is 351 g/mol. The number of nitrogens with zero attached hydrogens (tertiary/aromatic N) is 1. The minimum Gasteiger partial charge on any atom is -0.350 e. The highest BCUT2D eigenvalue weighted by molar-refractivity contribution is 6.12. The zero-order chi connectivity index (χ0) is 18.7. The normalized spacial score (nSPS) is 11.1. The summed E-state index contributed by atoms with van der Waals surface area (Å²) in [5.41, 5.74) is 9.13. The number of hydrogen-bond acceptors (Lipinski definition) is 3. The highest BCUT2D eigenvalue weighted by Gasteiger charge is 2.22. The van der Waals surface area contributed by atoms with E-state index < -0.39 is 5.82 Å². The minimum absolute atomic E-state index is 0.0409. The van der Waals surface area contributed by atoms with Crippen LogP contribution >= 0.6 is 0 Å². The Hall–Kier alpha value is -2.79. The topological polar surface area (TPSA) is 68.0 Å². The van der Waals surface area contributed by atoms with Gasteiger partial charge in [-0.15, -0.1) is 0 Å². The van der Waals surface area contributed by atoms with Crippen molar-refractivity contribution in [2.24, 2.45) is 5.73 Å². The van der Waals surface area contributed by atoms with Crippen molar-refractivity contribution in [3.8, 4) is 11.1 Å². The van der Waals surface area contributed by atoms with E-state index in [1.165, 1.54) is 12.1 Å². The highest BCUT2D eigenvalue weighted by atomic mass is 19.1. The molecular formula is C21H22FN3O. The zero-order valence-corrected chi connectivity index (χ0v) is 14.9. The maximum absolute atomic E-state index is 13.9. The Labute approximate surface area is 152 Å². The third kappa shape index (κ3) is 3.58. The second-order valence-electron chi connectivity index (χ2n) is 6.50. The molecule has 0 spiro atoms. The maximum Gasteiger partial charge on any atom is 0.252 e. The number of hydrogen-bond donors (Lipinski definition) is 2. The molecule has 0 saturated carbocycles. The predicted molar refractivity (Wildman–Crippen MR) is 102 cm³/mol.